The highest BCUT2D eigenvalue weighted by Gasteiger charge is 2.01. The van der Waals surface area contributed by atoms with Crippen LogP contribution in [-0.4, -0.2) is 5.71 Å². The first kappa shape index (κ1) is 8.72. The largest absolute Gasteiger partial charge is 0.257 e. The van der Waals surface area contributed by atoms with Crippen molar-refractivity contribution >= 4 is 5.71 Å². The van der Waals surface area contributed by atoms with E-state index in [1.807, 2.05) is 38.2 Å². The van der Waals surface area contributed by atoms with E-state index in [0.717, 1.165) is 11.3 Å². The second-order valence-corrected chi connectivity index (χ2v) is 2.74. The Balaban J connectivity index is 2.92. The number of nitrogens with zero attached hydrogens (tertiary/aromatic N) is 1. The smallest absolute Gasteiger partial charge is 0.0698 e. The molecule has 0 amide bonds. The molecule has 1 aliphatic carbocycles. The van der Waals surface area contributed by atoms with Gasteiger partial charge >= 0.3 is 0 Å². The predicted molar refractivity (Wildman–Crippen MR) is 54.3 cm³/mol. The van der Waals surface area contributed by atoms with Gasteiger partial charge in [-0.25, -0.2) is 0 Å². The van der Waals surface area contributed by atoms with Gasteiger partial charge in [0.05, 0.1) is 5.71 Å². The molecule has 0 saturated heterocycles. The van der Waals surface area contributed by atoms with Crippen molar-refractivity contribution in [1.29, 1.82) is 0 Å². The van der Waals surface area contributed by atoms with Crippen LogP contribution >= 0.6 is 0 Å². The fourth-order valence-electron chi connectivity index (χ4n) is 0.949. The molecule has 1 rings (SSSR count). The van der Waals surface area contributed by atoms with E-state index in [1.165, 1.54) is 5.57 Å². The van der Waals surface area contributed by atoms with Gasteiger partial charge in [0.15, 0.2) is 0 Å². The van der Waals surface area contributed by atoms with E-state index in [0.29, 0.717) is 0 Å². The van der Waals surface area contributed by atoms with Gasteiger partial charge < -0.3 is 0 Å². The molecule has 0 fully saturated rings. The van der Waals surface area contributed by atoms with Gasteiger partial charge in [-0.1, -0.05) is 24.8 Å². The zero-order chi connectivity index (χ0) is 8.97. The van der Waals surface area contributed by atoms with Crippen LogP contribution < -0.4 is 0 Å². The summed E-state index contributed by atoms with van der Waals surface area (Å²) in [7, 11) is 0. The Morgan fingerprint density at radius 2 is 2.17 bits per heavy atom. The highest BCUT2D eigenvalue weighted by molar-refractivity contribution is 6.11. The van der Waals surface area contributed by atoms with Gasteiger partial charge in [-0.2, -0.15) is 0 Å². The third-order valence-corrected chi connectivity index (χ3v) is 1.60. The molecule has 0 aliphatic heterocycles. The summed E-state index contributed by atoms with van der Waals surface area (Å²) in [6.45, 7) is 7.88. The summed E-state index contributed by atoms with van der Waals surface area (Å²) in [5, 5.41) is 0. The lowest BCUT2D eigenvalue weighted by Gasteiger charge is -2.05. The lowest BCUT2D eigenvalue weighted by atomic mass is 10.0. The molecule has 0 radical (unpaired) electrons. The van der Waals surface area contributed by atoms with Crippen LogP contribution in [0.2, 0.25) is 0 Å². The van der Waals surface area contributed by atoms with Crippen LogP contribution in [0.4, 0.5) is 0 Å². The maximum absolute atomic E-state index is 4.24. The fraction of sp³-hybridized carbons (Fsp3) is 0.182. The summed E-state index contributed by atoms with van der Waals surface area (Å²) in [5.41, 5.74) is 3.14. The Labute approximate surface area is 73.5 Å². The van der Waals surface area contributed by atoms with Crippen molar-refractivity contribution in [2.75, 3.05) is 0 Å². The maximum atomic E-state index is 4.24. The summed E-state index contributed by atoms with van der Waals surface area (Å²) < 4.78 is 0. The molecule has 0 spiro atoms. The fourth-order valence-corrected chi connectivity index (χ4v) is 0.949. The monoisotopic (exact) mass is 159 g/mol. The molecule has 0 heterocycles. The molecule has 0 bridgehead atoms. The standard InChI is InChI=1S/C11H13N/c1-4-7-12-11-8-9(2)5-6-10(11)3/h4-8H,3H2,1-2H3/b7-4-,12-11?. The quantitative estimate of drug-likeness (QED) is 0.557. The molecule has 0 unspecified atom stereocenters. The molecule has 62 valence electrons. The summed E-state index contributed by atoms with van der Waals surface area (Å²) in [6.07, 6.45) is 9.74. The molecular formula is C11H13N. The lowest BCUT2D eigenvalue weighted by Crippen LogP contribution is -1.99. The molecule has 1 aliphatic rings. The minimum Gasteiger partial charge on any atom is -0.257 e. The van der Waals surface area contributed by atoms with Crippen molar-refractivity contribution in [1.82, 2.24) is 0 Å². The van der Waals surface area contributed by atoms with Gasteiger partial charge in [0.2, 0.25) is 0 Å². The van der Waals surface area contributed by atoms with Crippen LogP contribution in [0.5, 0.6) is 0 Å². The second-order valence-electron chi connectivity index (χ2n) is 2.74. The van der Waals surface area contributed by atoms with Gasteiger partial charge in [0.1, 0.15) is 0 Å². The summed E-state index contributed by atoms with van der Waals surface area (Å²) in [5.74, 6) is 0. The molecule has 0 saturated carbocycles. The van der Waals surface area contributed by atoms with Crippen molar-refractivity contribution in [3.63, 3.8) is 0 Å². The second kappa shape index (κ2) is 3.86. The molecule has 1 heteroatoms. The van der Waals surface area contributed by atoms with Crippen molar-refractivity contribution in [3.05, 3.63) is 48.2 Å². The molecule has 0 atom stereocenters. The number of hydrogen-bond donors (Lipinski definition) is 0. The first-order valence-corrected chi connectivity index (χ1v) is 3.98. The van der Waals surface area contributed by atoms with E-state index >= 15 is 0 Å². The molecule has 0 aromatic heterocycles. The van der Waals surface area contributed by atoms with Gasteiger partial charge in [-0.3, -0.25) is 4.99 Å². The van der Waals surface area contributed by atoms with E-state index < -0.39 is 0 Å². The Morgan fingerprint density at radius 3 is 2.83 bits per heavy atom. The highest BCUT2D eigenvalue weighted by Crippen LogP contribution is 2.11. The van der Waals surface area contributed by atoms with E-state index in [-0.39, 0.29) is 0 Å². The van der Waals surface area contributed by atoms with Crippen LogP contribution in [0.3, 0.4) is 0 Å². The topological polar surface area (TPSA) is 12.4 Å². The molecule has 12 heavy (non-hydrogen) atoms. The molecule has 0 N–H and O–H groups in total. The molecule has 0 aromatic carbocycles. The average Bonchev–Trinajstić information content (AvgIpc) is 2.07. The Hall–Kier alpha value is -1.37. The van der Waals surface area contributed by atoms with Crippen LogP contribution in [0, 0.1) is 0 Å². The van der Waals surface area contributed by atoms with Crippen LogP contribution in [0.1, 0.15) is 13.8 Å². The Kier molecular flexibility index (Phi) is 2.81. The molecule has 0 aromatic rings. The number of allylic oxidation sites excluding steroid dienone is 6. The summed E-state index contributed by atoms with van der Waals surface area (Å²) in [4.78, 5) is 4.24. The maximum Gasteiger partial charge on any atom is 0.0698 e. The number of hydrogen-bond acceptors (Lipinski definition) is 1. The zero-order valence-corrected chi connectivity index (χ0v) is 7.54. The highest BCUT2D eigenvalue weighted by atomic mass is 14.7. The molecule has 1 nitrogen and oxygen atoms in total. The minimum atomic E-state index is 0.952. The van der Waals surface area contributed by atoms with E-state index in [4.69, 9.17) is 0 Å². The van der Waals surface area contributed by atoms with E-state index in [1.54, 1.807) is 6.20 Å². The van der Waals surface area contributed by atoms with Crippen LogP contribution in [0.25, 0.3) is 0 Å². The Bertz CT molecular complexity index is 301. The predicted octanol–water partition coefficient (Wildman–Crippen LogP) is 3.03. The normalized spacial score (nSPS) is 20.7. The van der Waals surface area contributed by atoms with Gasteiger partial charge in [0, 0.05) is 6.20 Å². The first-order valence-electron chi connectivity index (χ1n) is 3.98. The van der Waals surface area contributed by atoms with Crippen LogP contribution in [-0.2, 0) is 0 Å². The average molecular weight is 159 g/mol. The van der Waals surface area contributed by atoms with Gasteiger partial charge in [-0.05, 0) is 31.1 Å². The van der Waals surface area contributed by atoms with Crippen LogP contribution in [0.15, 0.2) is 53.2 Å². The number of rotatable bonds is 1. The summed E-state index contributed by atoms with van der Waals surface area (Å²) >= 11 is 0. The minimum absolute atomic E-state index is 0.952. The first-order chi connectivity index (χ1) is 5.74. The third-order valence-electron chi connectivity index (χ3n) is 1.60. The van der Waals surface area contributed by atoms with E-state index in [2.05, 4.69) is 11.6 Å². The SMILES string of the molecule is C=C1C=CC(C)=CC1=N/C=C\C. The van der Waals surface area contributed by atoms with Gasteiger partial charge in [-0.15, -0.1) is 0 Å². The van der Waals surface area contributed by atoms with Crippen molar-refractivity contribution < 1.29 is 0 Å². The van der Waals surface area contributed by atoms with Gasteiger partial charge in [0.25, 0.3) is 0 Å². The number of aliphatic imine (C=N–C) groups is 1. The third kappa shape index (κ3) is 2.06. The lowest BCUT2D eigenvalue weighted by molar-refractivity contribution is 1.46. The zero-order valence-electron chi connectivity index (χ0n) is 7.54. The van der Waals surface area contributed by atoms with Crippen molar-refractivity contribution in [3.8, 4) is 0 Å². The summed E-state index contributed by atoms with van der Waals surface area (Å²) in [6, 6.07) is 0. The molecular weight excluding hydrogens is 146 g/mol. The Morgan fingerprint density at radius 1 is 1.42 bits per heavy atom. The van der Waals surface area contributed by atoms with E-state index in [9.17, 15) is 0 Å². The van der Waals surface area contributed by atoms with Crippen molar-refractivity contribution in [2.45, 2.75) is 13.8 Å². The van der Waals surface area contributed by atoms with Crippen molar-refractivity contribution in [2.24, 2.45) is 4.99 Å².